The number of phenols is 1. The van der Waals surface area contributed by atoms with Crippen molar-refractivity contribution in [3.63, 3.8) is 0 Å². The molecule has 0 bridgehead atoms. The number of benzene rings is 2. The van der Waals surface area contributed by atoms with Gasteiger partial charge in [0, 0.05) is 11.1 Å². The second-order valence-electron chi connectivity index (χ2n) is 11.1. The normalized spacial score (nSPS) is 16.0. The highest BCUT2D eigenvalue weighted by Crippen LogP contribution is 2.46. The minimum atomic E-state index is -1.21. The molecule has 2 aromatic heterocycles. The Morgan fingerprint density at radius 3 is 2.42 bits per heavy atom. The van der Waals surface area contributed by atoms with Gasteiger partial charge in [0.1, 0.15) is 5.69 Å². The molecular formula is C29H30N4O5. The number of rotatable bonds is 5. The maximum Gasteiger partial charge on any atom is 0.371 e. The minimum Gasteiger partial charge on any atom is -0.505 e. The number of phenolic OH excluding ortho intramolecular Hbond substituents is 1. The first-order valence-electron chi connectivity index (χ1n) is 12.4. The number of aromatic amines is 1. The van der Waals surface area contributed by atoms with Gasteiger partial charge in [-0.3, -0.25) is 9.89 Å². The average molecular weight is 515 g/mol. The number of aromatic hydroxyl groups is 1. The van der Waals surface area contributed by atoms with Gasteiger partial charge >= 0.3 is 5.97 Å². The Bertz CT molecular complexity index is 1650. The van der Waals surface area contributed by atoms with Crippen LogP contribution in [0.5, 0.6) is 5.75 Å². The number of aryl methyl sites for hydroxylation is 1. The number of nitrogens with one attached hydrogen (secondary N) is 1. The van der Waals surface area contributed by atoms with Crippen molar-refractivity contribution in [3.8, 4) is 22.6 Å². The van der Waals surface area contributed by atoms with Crippen molar-refractivity contribution in [1.82, 2.24) is 9.78 Å². The zero-order chi connectivity index (χ0) is 27.4. The summed E-state index contributed by atoms with van der Waals surface area (Å²) in [6, 6.07) is 12.3. The Hall–Kier alpha value is -4.40. The van der Waals surface area contributed by atoms with Gasteiger partial charge in [-0.05, 0) is 66.0 Å². The number of aromatic carboxylic acids is 1. The molecule has 0 fully saturated rings. The van der Waals surface area contributed by atoms with Gasteiger partial charge in [0.2, 0.25) is 5.76 Å². The van der Waals surface area contributed by atoms with E-state index >= 15 is 0 Å². The van der Waals surface area contributed by atoms with Crippen molar-refractivity contribution in [2.24, 2.45) is 10.2 Å². The van der Waals surface area contributed by atoms with E-state index in [0.29, 0.717) is 16.8 Å². The summed E-state index contributed by atoms with van der Waals surface area (Å²) in [5.74, 6) is -1.66. The summed E-state index contributed by atoms with van der Waals surface area (Å²) >= 11 is 0. The first-order valence-corrected chi connectivity index (χ1v) is 12.4. The standard InChI is InChI=1S/C29H30N4O5/c1-16-24(31-30-22-8-6-7-19(25(22)34)17-13-23(27(36)37)38-15-17)26(35)33(32-16)18-9-10-20-21(14-18)29(4,5)12-11-28(20,2)3/h6-10,13-15,32,34H,11-12H2,1-5H3,(H,36,37). The first kappa shape index (κ1) is 25.3. The number of carbonyl (C=O) groups is 1. The fourth-order valence-corrected chi connectivity index (χ4v) is 5.09. The average Bonchev–Trinajstić information content (AvgIpc) is 3.46. The van der Waals surface area contributed by atoms with Crippen molar-refractivity contribution in [2.45, 2.75) is 58.3 Å². The van der Waals surface area contributed by atoms with Gasteiger partial charge in [-0.15, -0.1) is 10.2 Å². The lowest BCUT2D eigenvalue weighted by Gasteiger charge is -2.42. The number of furan rings is 1. The molecule has 0 spiro atoms. The maximum absolute atomic E-state index is 13.4. The van der Waals surface area contributed by atoms with E-state index < -0.39 is 5.97 Å². The van der Waals surface area contributed by atoms with E-state index in [1.54, 1.807) is 25.1 Å². The molecule has 0 radical (unpaired) electrons. The predicted octanol–water partition coefficient (Wildman–Crippen LogP) is 6.90. The largest absolute Gasteiger partial charge is 0.505 e. The van der Waals surface area contributed by atoms with Crippen LogP contribution in [0.1, 0.15) is 67.9 Å². The van der Waals surface area contributed by atoms with Crippen molar-refractivity contribution < 1.29 is 19.4 Å². The first-order chi connectivity index (χ1) is 17.9. The minimum absolute atomic E-state index is 0.00257. The van der Waals surface area contributed by atoms with Crippen LogP contribution in [0.4, 0.5) is 11.4 Å². The smallest absolute Gasteiger partial charge is 0.371 e. The Morgan fingerprint density at radius 1 is 1.03 bits per heavy atom. The molecule has 1 aliphatic carbocycles. The van der Waals surface area contributed by atoms with Crippen LogP contribution in [0.15, 0.2) is 68.2 Å². The van der Waals surface area contributed by atoms with Gasteiger partial charge in [0.25, 0.3) is 5.56 Å². The third-order valence-corrected chi connectivity index (χ3v) is 7.53. The van der Waals surface area contributed by atoms with Crippen LogP contribution in [0.2, 0.25) is 0 Å². The third kappa shape index (κ3) is 4.23. The van der Waals surface area contributed by atoms with Gasteiger partial charge in [0.05, 0.1) is 17.6 Å². The Balaban J connectivity index is 1.50. The Labute approximate surface area is 219 Å². The third-order valence-electron chi connectivity index (χ3n) is 7.53. The molecule has 5 rings (SSSR count). The second-order valence-corrected chi connectivity index (χ2v) is 11.1. The molecule has 0 unspecified atom stereocenters. The summed E-state index contributed by atoms with van der Waals surface area (Å²) in [6.45, 7) is 10.7. The molecule has 196 valence electrons. The number of hydrogen-bond donors (Lipinski definition) is 3. The lowest BCUT2D eigenvalue weighted by atomic mass is 9.63. The molecule has 2 aromatic carbocycles. The molecule has 3 N–H and O–H groups in total. The number of hydrogen-bond acceptors (Lipinski definition) is 6. The van der Waals surface area contributed by atoms with Crippen LogP contribution in [0.25, 0.3) is 16.8 Å². The topological polar surface area (TPSA) is 133 Å². The van der Waals surface area contributed by atoms with Crippen LogP contribution in [0.3, 0.4) is 0 Å². The summed E-state index contributed by atoms with van der Waals surface area (Å²) in [5.41, 5.74) is 4.49. The molecule has 0 amide bonds. The quantitative estimate of drug-likeness (QED) is 0.249. The molecule has 0 saturated heterocycles. The lowest BCUT2D eigenvalue weighted by molar-refractivity contribution is 0.0662. The van der Waals surface area contributed by atoms with Gasteiger partial charge in [-0.2, -0.15) is 0 Å². The SMILES string of the molecule is Cc1[nH]n(-c2ccc3c(c2)C(C)(C)CCC3(C)C)c(=O)c1N=Nc1cccc(-c2coc(C(=O)O)c2)c1O. The number of carboxylic acid groups (broad SMARTS) is 1. The number of H-pyrrole nitrogens is 1. The zero-order valence-electron chi connectivity index (χ0n) is 22.0. The zero-order valence-corrected chi connectivity index (χ0v) is 22.0. The molecule has 0 saturated carbocycles. The lowest BCUT2D eigenvalue weighted by Crippen LogP contribution is -2.34. The fraction of sp³-hybridized carbons (Fsp3) is 0.310. The number of fused-ring (bicyclic) bond motifs is 1. The van der Waals surface area contributed by atoms with Crippen molar-refractivity contribution in [2.75, 3.05) is 0 Å². The molecule has 0 aliphatic heterocycles. The van der Waals surface area contributed by atoms with Crippen LogP contribution in [0, 0.1) is 6.92 Å². The summed E-state index contributed by atoms with van der Waals surface area (Å²) in [7, 11) is 0. The van der Waals surface area contributed by atoms with Crippen LogP contribution in [-0.4, -0.2) is 26.0 Å². The monoisotopic (exact) mass is 514 g/mol. The highest BCUT2D eigenvalue weighted by atomic mass is 16.4. The molecule has 4 aromatic rings. The highest BCUT2D eigenvalue weighted by Gasteiger charge is 2.37. The van der Waals surface area contributed by atoms with Crippen LogP contribution < -0.4 is 5.56 Å². The van der Waals surface area contributed by atoms with E-state index in [1.807, 2.05) is 6.07 Å². The van der Waals surface area contributed by atoms with Gasteiger partial charge in [-0.1, -0.05) is 45.9 Å². The van der Waals surface area contributed by atoms with Crippen LogP contribution >= 0.6 is 0 Å². The van der Waals surface area contributed by atoms with Crippen molar-refractivity contribution >= 4 is 17.3 Å². The van der Waals surface area contributed by atoms with Gasteiger partial charge < -0.3 is 14.6 Å². The van der Waals surface area contributed by atoms with Crippen molar-refractivity contribution in [3.05, 3.63) is 81.7 Å². The second kappa shape index (κ2) is 8.86. The molecule has 0 atom stereocenters. The van der Waals surface area contributed by atoms with Crippen LogP contribution in [-0.2, 0) is 10.8 Å². The summed E-state index contributed by atoms with van der Waals surface area (Å²) in [5, 5.41) is 31.3. The molecular weight excluding hydrogens is 484 g/mol. The van der Waals surface area contributed by atoms with E-state index in [-0.39, 0.29) is 39.3 Å². The summed E-state index contributed by atoms with van der Waals surface area (Å²) in [6.07, 6.45) is 3.41. The van der Waals surface area contributed by atoms with Gasteiger partial charge in [-0.25, -0.2) is 9.48 Å². The van der Waals surface area contributed by atoms with Gasteiger partial charge in [0.15, 0.2) is 11.4 Å². The molecule has 38 heavy (non-hydrogen) atoms. The maximum atomic E-state index is 13.4. The number of azo groups is 1. The summed E-state index contributed by atoms with van der Waals surface area (Å²) < 4.78 is 6.50. The summed E-state index contributed by atoms with van der Waals surface area (Å²) in [4.78, 5) is 24.5. The number of para-hydroxylation sites is 1. The molecule has 1 aliphatic rings. The van der Waals surface area contributed by atoms with E-state index in [4.69, 9.17) is 9.52 Å². The number of carboxylic acids is 1. The molecule has 2 heterocycles. The Kier molecular flexibility index (Phi) is 5.89. The fourth-order valence-electron chi connectivity index (χ4n) is 5.09. The number of aromatic nitrogens is 2. The predicted molar refractivity (Wildman–Crippen MR) is 143 cm³/mol. The number of nitrogens with zero attached hydrogens (tertiary/aromatic N) is 3. The molecule has 9 heteroatoms. The van der Waals surface area contributed by atoms with Crippen molar-refractivity contribution in [1.29, 1.82) is 0 Å². The van der Waals surface area contributed by atoms with E-state index in [1.165, 1.54) is 28.1 Å². The molecule has 9 nitrogen and oxygen atoms in total. The van der Waals surface area contributed by atoms with E-state index in [0.717, 1.165) is 18.5 Å². The Morgan fingerprint density at radius 2 is 1.74 bits per heavy atom. The van der Waals surface area contributed by atoms with E-state index in [2.05, 4.69) is 55.2 Å². The highest BCUT2D eigenvalue weighted by molar-refractivity contribution is 5.87. The van der Waals surface area contributed by atoms with E-state index in [9.17, 15) is 14.7 Å².